The number of amides is 1. The molecule has 0 saturated carbocycles. The van der Waals surface area contributed by atoms with Crippen LogP contribution in [-0.4, -0.2) is 43.4 Å². The Hall–Kier alpha value is -0.870. The fourth-order valence-electron chi connectivity index (χ4n) is 3.37. The summed E-state index contributed by atoms with van der Waals surface area (Å²) in [5.74, 6) is 0.187. The molecule has 1 amide bonds. The van der Waals surface area contributed by atoms with Gasteiger partial charge in [0, 0.05) is 19.3 Å². The molecule has 2 heterocycles. The summed E-state index contributed by atoms with van der Waals surface area (Å²) in [6.07, 6.45) is 6.50. The fourth-order valence-corrected chi connectivity index (χ4v) is 3.37. The number of methoxy groups -OCH3 is 1. The Morgan fingerprint density at radius 2 is 2.17 bits per heavy atom. The van der Waals surface area contributed by atoms with Gasteiger partial charge in [0.1, 0.15) is 0 Å². The van der Waals surface area contributed by atoms with Gasteiger partial charge < -0.3 is 14.4 Å². The molecule has 0 aromatic heterocycles. The summed E-state index contributed by atoms with van der Waals surface area (Å²) in [4.78, 5) is 14.3. The Labute approximate surface area is 108 Å². The van der Waals surface area contributed by atoms with Crippen LogP contribution < -0.4 is 0 Å². The van der Waals surface area contributed by atoms with Crippen LogP contribution in [0.1, 0.15) is 38.5 Å². The SMILES string of the molecule is COC1C2=C(CCCC2)C(=O)N1CC1CCCO1. The van der Waals surface area contributed by atoms with Crippen molar-refractivity contribution < 1.29 is 14.3 Å². The van der Waals surface area contributed by atoms with Crippen molar-refractivity contribution in [2.45, 2.75) is 50.9 Å². The molecule has 18 heavy (non-hydrogen) atoms. The maximum atomic E-state index is 12.4. The first kappa shape index (κ1) is 12.2. The van der Waals surface area contributed by atoms with Crippen molar-refractivity contribution in [2.24, 2.45) is 0 Å². The third kappa shape index (κ3) is 1.97. The lowest BCUT2D eigenvalue weighted by atomic mass is 9.93. The van der Waals surface area contributed by atoms with Gasteiger partial charge in [-0.25, -0.2) is 0 Å². The second-order valence-electron chi connectivity index (χ2n) is 5.39. The van der Waals surface area contributed by atoms with E-state index in [1.54, 1.807) is 7.11 Å². The normalized spacial score (nSPS) is 32.3. The molecule has 0 bridgehead atoms. The van der Waals surface area contributed by atoms with Crippen molar-refractivity contribution in [2.75, 3.05) is 20.3 Å². The van der Waals surface area contributed by atoms with Gasteiger partial charge in [0.2, 0.25) is 0 Å². The van der Waals surface area contributed by atoms with Crippen molar-refractivity contribution in [3.05, 3.63) is 11.1 Å². The monoisotopic (exact) mass is 251 g/mol. The number of nitrogens with zero attached hydrogens (tertiary/aromatic N) is 1. The van der Waals surface area contributed by atoms with E-state index in [1.165, 1.54) is 12.0 Å². The summed E-state index contributed by atoms with van der Waals surface area (Å²) in [5.41, 5.74) is 2.25. The van der Waals surface area contributed by atoms with E-state index in [0.29, 0.717) is 6.54 Å². The molecule has 1 fully saturated rings. The first-order valence-electron chi connectivity index (χ1n) is 6.98. The Morgan fingerprint density at radius 1 is 1.33 bits per heavy atom. The van der Waals surface area contributed by atoms with Crippen LogP contribution in [0, 0.1) is 0 Å². The predicted octanol–water partition coefficient (Wildman–Crippen LogP) is 1.85. The van der Waals surface area contributed by atoms with Crippen LogP contribution in [0.3, 0.4) is 0 Å². The van der Waals surface area contributed by atoms with E-state index in [4.69, 9.17) is 9.47 Å². The molecule has 3 rings (SSSR count). The third-order valence-electron chi connectivity index (χ3n) is 4.26. The molecule has 2 aliphatic heterocycles. The first-order valence-corrected chi connectivity index (χ1v) is 6.98. The Morgan fingerprint density at radius 3 is 2.89 bits per heavy atom. The van der Waals surface area contributed by atoms with Crippen molar-refractivity contribution in [3.8, 4) is 0 Å². The van der Waals surface area contributed by atoms with Gasteiger partial charge in [-0.15, -0.1) is 0 Å². The zero-order valence-electron chi connectivity index (χ0n) is 11.0. The van der Waals surface area contributed by atoms with Crippen LogP contribution in [0.15, 0.2) is 11.1 Å². The molecule has 2 atom stereocenters. The average Bonchev–Trinajstić information content (AvgIpc) is 2.99. The maximum Gasteiger partial charge on any atom is 0.252 e. The number of carbonyl (C=O) groups excluding carboxylic acids is 1. The molecule has 4 nitrogen and oxygen atoms in total. The van der Waals surface area contributed by atoms with Crippen molar-refractivity contribution >= 4 is 5.91 Å². The zero-order valence-corrected chi connectivity index (χ0v) is 11.0. The molecule has 0 aromatic carbocycles. The molecule has 0 aromatic rings. The van der Waals surface area contributed by atoms with Gasteiger partial charge in [0.15, 0.2) is 6.23 Å². The van der Waals surface area contributed by atoms with Crippen LogP contribution in [0.2, 0.25) is 0 Å². The highest BCUT2D eigenvalue weighted by molar-refractivity contribution is 5.97. The van der Waals surface area contributed by atoms with Gasteiger partial charge in [0.05, 0.1) is 12.6 Å². The Kier molecular flexibility index (Phi) is 3.39. The zero-order chi connectivity index (χ0) is 12.5. The number of hydrogen-bond acceptors (Lipinski definition) is 3. The van der Waals surface area contributed by atoms with E-state index >= 15 is 0 Å². The third-order valence-corrected chi connectivity index (χ3v) is 4.26. The van der Waals surface area contributed by atoms with Gasteiger partial charge >= 0.3 is 0 Å². The van der Waals surface area contributed by atoms with Gasteiger partial charge in [-0.3, -0.25) is 4.79 Å². The molecular formula is C14H21NO3. The molecule has 0 radical (unpaired) electrons. The van der Waals surface area contributed by atoms with Crippen LogP contribution in [0.25, 0.3) is 0 Å². The topological polar surface area (TPSA) is 38.8 Å². The smallest absolute Gasteiger partial charge is 0.252 e. The number of ether oxygens (including phenoxy) is 2. The molecule has 3 aliphatic rings. The summed E-state index contributed by atoms with van der Waals surface area (Å²) in [6.45, 7) is 1.52. The molecule has 1 saturated heterocycles. The molecule has 1 aliphatic carbocycles. The van der Waals surface area contributed by atoms with Crippen LogP contribution in [-0.2, 0) is 14.3 Å². The van der Waals surface area contributed by atoms with Gasteiger partial charge in [-0.1, -0.05) is 0 Å². The molecule has 0 spiro atoms. The van der Waals surface area contributed by atoms with E-state index in [-0.39, 0.29) is 18.2 Å². The Balaban J connectivity index is 1.76. The lowest BCUT2D eigenvalue weighted by Crippen LogP contribution is -2.41. The summed E-state index contributed by atoms with van der Waals surface area (Å²) < 4.78 is 11.2. The highest BCUT2D eigenvalue weighted by atomic mass is 16.5. The number of carbonyl (C=O) groups is 1. The highest BCUT2D eigenvalue weighted by Crippen LogP contribution is 2.37. The fraction of sp³-hybridized carbons (Fsp3) is 0.786. The van der Waals surface area contributed by atoms with Crippen LogP contribution in [0.4, 0.5) is 0 Å². The van der Waals surface area contributed by atoms with Gasteiger partial charge in [0.25, 0.3) is 5.91 Å². The highest BCUT2D eigenvalue weighted by Gasteiger charge is 2.41. The quantitative estimate of drug-likeness (QED) is 0.768. The lowest BCUT2D eigenvalue weighted by Gasteiger charge is -2.28. The molecule has 4 heteroatoms. The minimum Gasteiger partial charge on any atom is -0.376 e. The van der Waals surface area contributed by atoms with E-state index in [1.807, 2.05) is 4.90 Å². The predicted molar refractivity (Wildman–Crippen MR) is 67.0 cm³/mol. The van der Waals surface area contributed by atoms with Crippen LogP contribution >= 0.6 is 0 Å². The molecule has 2 unspecified atom stereocenters. The van der Waals surface area contributed by atoms with Crippen LogP contribution in [0.5, 0.6) is 0 Å². The molecule has 100 valence electrons. The standard InChI is InChI=1S/C14H21NO3/c1-17-14-12-7-3-2-6-11(12)13(16)15(14)9-10-5-4-8-18-10/h10,14H,2-9H2,1H3. The average molecular weight is 251 g/mol. The van der Waals surface area contributed by atoms with Gasteiger partial charge in [-0.05, 0) is 44.1 Å². The van der Waals surface area contributed by atoms with Crippen molar-refractivity contribution in [1.82, 2.24) is 4.90 Å². The second-order valence-corrected chi connectivity index (χ2v) is 5.39. The first-order chi connectivity index (χ1) is 8.81. The summed E-state index contributed by atoms with van der Waals surface area (Å²) in [6, 6.07) is 0. The van der Waals surface area contributed by atoms with E-state index < -0.39 is 0 Å². The van der Waals surface area contributed by atoms with Crippen molar-refractivity contribution in [1.29, 1.82) is 0 Å². The van der Waals surface area contributed by atoms with E-state index in [2.05, 4.69) is 0 Å². The summed E-state index contributed by atoms with van der Waals surface area (Å²) >= 11 is 0. The minimum atomic E-state index is -0.128. The second kappa shape index (κ2) is 5.02. The maximum absolute atomic E-state index is 12.4. The Bertz CT molecular complexity index is 371. The molecule has 0 N–H and O–H groups in total. The summed E-state index contributed by atoms with van der Waals surface area (Å²) in [5, 5.41) is 0. The largest absolute Gasteiger partial charge is 0.376 e. The number of rotatable bonds is 3. The van der Waals surface area contributed by atoms with E-state index in [0.717, 1.165) is 44.3 Å². The van der Waals surface area contributed by atoms with Gasteiger partial charge in [-0.2, -0.15) is 0 Å². The molecular weight excluding hydrogens is 230 g/mol. The van der Waals surface area contributed by atoms with E-state index in [9.17, 15) is 4.79 Å². The summed E-state index contributed by atoms with van der Waals surface area (Å²) in [7, 11) is 1.70. The number of hydrogen-bond donors (Lipinski definition) is 0. The minimum absolute atomic E-state index is 0.128. The lowest BCUT2D eigenvalue weighted by molar-refractivity contribution is -0.136. The van der Waals surface area contributed by atoms with Crippen molar-refractivity contribution in [3.63, 3.8) is 0 Å².